The zero-order valence-electron chi connectivity index (χ0n) is 13.1. The molecular formula is C16H22N2O4. The Bertz CT molecular complexity index is 566. The number of phenols is 1. The smallest absolute Gasteiger partial charge is 0.410 e. The fourth-order valence-electron chi connectivity index (χ4n) is 2.28. The Hall–Kier alpha value is -2.24. The number of amides is 2. The lowest BCUT2D eigenvalue weighted by molar-refractivity contribution is -0.119. The van der Waals surface area contributed by atoms with Crippen LogP contribution in [0.3, 0.4) is 0 Å². The van der Waals surface area contributed by atoms with Crippen molar-refractivity contribution in [2.24, 2.45) is 5.92 Å². The number of nitrogens with zero attached hydrogens (tertiary/aromatic N) is 1. The number of para-hydroxylation sites is 2. The van der Waals surface area contributed by atoms with Gasteiger partial charge in [0.2, 0.25) is 5.91 Å². The van der Waals surface area contributed by atoms with Crippen LogP contribution in [-0.2, 0) is 9.53 Å². The first-order valence-corrected chi connectivity index (χ1v) is 7.33. The maximum Gasteiger partial charge on any atom is 0.410 e. The number of benzene rings is 1. The summed E-state index contributed by atoms with van der Waals surface area (Å²) in [5.74, 6) is -0.475. The van der Waals surface area contributed by atoms with Crippen LogP contribution < -0.4 is 5.32 Å². The van der Waals surface area contributed by atoms with Crippen molar-refractivity contribution in [1.82, 2.24) is 4.90 Å². The molecule has 6 nitrogen and oxygen atoms in total. The molecule has 1 saturated heterocycles. The highest BCUT2D eigenvalue weighted by atomic mass is 16.6. The molecule has 2 rings (SSSR count). The molecule has 1 aliphatic rings. The van der Waals surface area contributed by atoms with E-state index in [2.05, 4.69) is 5.32 Å². The van der Waals surface area contributed by atoms with E-state index in [0.717, 1.165) is 0 Å². The number of rotatable bonds is 2. The van der Waals surface area contributed by atoms with Crippen LogP contribution in [0.4, 0.5) is 10.5 Å². The first-order chi connectivity index (χ1) is 10.3. The zero-order valence-corrected chi connectivity index (χ0v) is 13.1. The summed E-state index contributed by atoms with van der Waals surface area (Å²) in [5.41, 5.74) is -0.170. The topological polar surface area (TPSA) is 78.9 Å². The van der Waals surface area contributed by atoms with Crippen molar-refractivity contribution in [2.45, 2.75) is 32.8 Å². The lowest BCUT2D eigenvalue weighted by atomic mass is 10.1. The Morgan fingerprint density at radius 2 is 2.00 bits per heavy atom. The summed E-state index contributed by atoms with van der Waals surface area (Å²) in [6, 6.07) is 6.56. The van der Waals surface area contributed by atoms with Crippen LogP contribution in [-0.4, -0.2) is 40.7 Å². The summed E-state index contributed by atoms with van der Waals surface area (Å²) in [5, 5.41) is 12.4. The Morgan fingerprint density at radius 3 is 2.64 bits per heavy atom. The molecule has 1 heterocycles. The average molecular weight is 306 g/mol. The number of anilines is 1. The standard InChI is InChI=1S/C16H22N2O4/c1-16(2,3)22-15(21)18-9-8-11(10-18)14(20)17-12-6-4-5-7-13(12)19/h4-7,11,19H,8-10H2,1-3H3,(H,17,20)/t11-/m0/s1. The normalized spacial score (nSPS) is 18.1. The lowest BCUT2D eigenvalue weighted by Gasteiger charge is -2.24. The number of hydrogen-bond acceptors (Lipinski definition) is 4. The molecule has 0 bridgehead atoms. The van der Waals surface area contributed by atoms with Gasteiger partial charge >= 0.3 is 6.09 Å². The van der Waals surface area contributed by atoms with Gasteiger partial charge in [0, 0.05) is 13.1 Å². The Balaban J connectivity index is 1.91. The molecule has 0 aliphatic carbocycles. The van der Waals surface area contributed by atoms with Gasteiger partial charge in [-0.1, -0.05) is 12.1 Å². The minimum absolute atomic E-state index is 0.0258. The van der Waals surface area contributed by atoms with Crippen LogP contribution in [0.5, 0.6) is 5.75 Å². The second-order valence-corrected chi connectivity index (χ2v) is 6.42. The fraction of sp³-hybridized carbons (Fsp3) is 0.500. The Morgan fingerprint density at radius 1 is 1.32 bits per heavy atom. The maximum atomic E-state index is 12.2. The minimum atomic E-state index is -0.548. The summed E-state index contributed by atoms with van der Waals surface area (Å²) in [6.45, 7) is 6.25. The second kappa shape index (κ2) is 6.25. The summed E-state index contributed by atoms with van der Waals surface area (Å²) >= 11 is 0. The van der Waals surface area contributed by atoms with Crippen molar-refractivity contribution < 1.29 is 19.4 Å². The number of carbonyl (C=O) groups excluding carboxylic acids is 2. The maximum absolute atomic E-state index is 12.2. The van der Waals surface area contributed by atoms with Crippen molar-refractivity contribution in [1.29, 1.82) is 0 Å². The van der Waals surface area contributed by atoms with Crippen molar-refractivity contribution in [3.8, 4) is 5.75 Å². The van der Waals surface area contributed by atoms with Crippen molar-refractivity contribution in [3.63, 3.8) is 0 Å². The number of likely N-dealkylation sites (tertiary alicyclic amines) is 1. The molecule has 6 heteroatoms. The van der Waals surface area contributed by atoms with Crippen LogP contribution in [0.1, 0.15) is 27.2 Å². The molecule has 2 N–H and O–H groups in total. The number of nitrogens with one attached hydrogen (secondary N) is 1. The number of phenolic OH excluding ortho intramolecular Hbond substituents is 1. The van der Waals surface area contributed by atoms with Gasteiger partial charge in [0.05, 0.1) is 11.6 Å². The summed E-state index contributed by atoms with van der Waals surface area (Å²) < 4.78 is 5.30. The van der Waals surface area contributed by atoms with Gasteiger partial charge in [-0.05, 0) is 39.3 Å². The largest absolute Gasteiger partial charge is 0.506 e. The highest BCUT2D eigenvalue weighted by Gasteiger charge is 2.33. The van der Waals surface area contributed by atoms with Gasteiger partial charge in [-0.25, -0.2) is 4.79 Å². The molecule has 0 unspecified atom stereocenters. The number of aromatic hydroxyl groups is 1. The van der Waals surface area contributed by atoms with E-state index < -0.39 is 11.7 Å². The van der Waals surface area contributed by atoms with Gasteiger partial charge in [-0.2, -0.15) is 0 Å². The monoisotopic (exact) mass is 306 g/mol. The molecular weight excluding hydrogens is 284 g/mol. The molecule has 1 atom stereocenters. The molecule has 1 aromatic rings. The Labute approximate surface area is 130 Å². The third kappa shape index (κ3) is 4.13. The molecule has 0 aromatic heterocycles. The first kappa shape index (κ1) is 16.1. The Kier molecular flexibility index (Phi) is 4.59. The molecule has 0 spiro atoms. The van der Waals surface area contributed by atoms with E-state index >= 15 is 0 Å². The van der Waals surface area contributed by atoms with Crippen molar-refractivity contribution in [3.05, 3.63) is 24.3 Å². The van der Waals surface area contributed by atoms with Crippen LogP contribution in [0.15, 0.2) is 24.3 Å². The van der Waals surface area contributed by atoms with Crippen LogP contribution >= 0.6 is 0 Å². The highest BCUT2D eigenvalue weighted by molar-refractivity contribution is 5.94. The van der Waals surface area contributed by atoms with E-state index in [1.165, 1.54) is 6.07 Å². The van der Waals surface area contributed by atoms with Crippen molar-refractivity contribution in [2.75, 3.05) is 18.4 Å². The van der Waals surface area contributed by atoms with Gasteiger partial charge < -0.3 is 20.1 Å². The average Bonchev–Trinajstić information content (AvgIpc) is 2.89. The number of hydrogen-bond donors (Lipinski definition) is 2. The number of ether oxygens (including phenoxy) is 1. The summed E-state index contributed by atoms with van der Waals surface area (Å²) in [6.07, 6.45) is 0.184. The van der Waals surface area contributed by atoms with Gasteiger partial charge in [-0.15, -0.1) is 0 Å². The van der Waals surface area contributed by atoms with Gasteiger partial charge in [0.25, 0.3) is 0 Å². The fourth-order valence-corrected chi connectivity index (χ4v) is 2.28. The molecule has 0 radical (unpaired) electrons. The molecule has 2 amide bonds. The van der Waals surface area contributed by atoms with Crippen molar-refractivity contribution >= 4 is 17.7 Å². The zero-order chi connectivity index (χ0) is 16.3. The summed E-state index contributed by atoms with van der Waals surface area (Å²) in [4.78, 5) is 25.7. The van der Waals surface area contributed by atoms with Gasteiger partial charge in [-0.3, -0.25) is 4.79 Å². The van der Waals surface area contributed by atoms with E-state index in [1.54, 1.807) is 23.1 Å². The third-order valence-corrected chi connectivity index (χ3v) is 3.37. The van der Waals surface area contributed by atoms with E-state index in [4.69, 9.17) is 4.74 Å². The molecule has 1 aliphatic heterocycles. The lowest BCUT2D eigenvalue weighted by Crippen LogP contribution is -2.36. The molecule has 0 saturated carbocycles. The van der Waals surface area contributed by atoms with Gasteiger partial charge in [0.15, 0.2) is 0 Å². The predicted molar refractivity (Wildman–Crippen MR) is 82.7 cm³/mol. The molecule has 1 aromatic carbocycles. The summed E-state index contributed by atoms with van der Waals surface area (Å²) in [7, 11) is 0. The minimum Gasteiger partial charge on any atom is -0.506 e. The molecule has 1 fully saturated rings. The van der Waals surface area contributed by atoms with Crippen LogP contribution in [0, 0.1) is 5.92 Å². The highest BCUT2D eigenvalue weighted by Crippen LogP contribution is 2.25. The predicted octanol–water partition coefficient (Wildman–Crippen LogP) is 2.59. The number of carbonyl (C=O) groups is 2. The molecule has 22 heavy (non-hydrogen) atoms. The van der Waals surface area contributed by atoms with Crippen LogP contribution in [0.2, 0.25) is 0 Å². The molecule has 120 valence electrons. The second-order valence-electron chi connectivity index (χ2n) is 6.42. The SMILES string of the molecule is CC(C)(C)OC(=O)N1CC[C@H](C(=O)Nc2ccccc2O)C1. The third-order valence-electron chi connectivity index (χ3n) is 3.37. The van der Waals surface area contributed by atoms with E-state index in [0.29, 0.717) is 25.2 Å². The van der Waals surface area contributed by atoms with E-state index in [1.807, 2.05) is 20.8 Å². The van der Waals surface area contributed by atoms with E-state index in [-0.39, 0.29) is 17.6 Å². The quantitative estimate of drug-likeness (QED) is 0.823. The van der Waals surface area contributed by atoms with E-state index in [9.17, 15) is 14.7 Å². The van der Waals surface area contributed by atoms with Gasteiger partial charge in [0.1, 0.15) is 11.4 Å². The first-order valence-electron chi connectivity index (χ1n) is 7.33. The van der Waals surface area contributed by atoms with Crippen LogP contribution in [0.25, 0.3) is 0 Å².